The molecule has 0 spiro atoms. The van der Waals surface area contributed by atoms with E-state index in [2.05, 4.69) is 0 Å². The highest BCUT2D eigenvalue weighted by Crippen LogP contribution is 2.30. The van der Waals surface area contributed by atoms with Gasteiger partial charge in [0.25, 0.3) is 0 Å². The zero-order valence-electron chi connectivity index (χ0n) is 16.5. The van der Waals surface area contributed by atoms with Crippen molar-refractivity contribution in [3.05, 3.63) is 89.5 Å². The quantitative estimate of drug-likeness (QED) is 0.434. The summed E-state index contributed by atoms with van der Waals surface area (Å²) in [4.78, 5) is 19.8. The number of benzene rings is 3. The SMILES string of the molecule is COc1ccc(CC(=O)N(Cc2ccccc2)c2nc3ccccc3s2)cc1C. The summed E-state index contributed by atoms with van der Waals surface area (Å²) < 4.78 is 6.41. The Kier molecular flexibility index (Phi) is 5.58. The first-order valence-electron chi connectivity index (χ1n) is 9.47. The Morgan fingerprint density at radius 3 is 2.48 bits per heavy atom. The Labute approximate surface area is 174 Å². The van der Waals surface area contributed by atoms with Crippen LogP contribution in [-0.2, 0) is 17.8 Å². The third kappa shape index (κ3) is 4.30. The number of hydrogen-bond donors (Lipinski definition) is 0. The fourth-order valence-electron chi connectivity index (χ4n) is 3.32. The first-order valence-corrected chi connectivity index (χ1v) is 10.3. The Morgan fingerprint density at radius 1 is 1.00 bits per heavy atom. The fraction of sp³-hybridized carbons (Fsp3) is 0.167. The molecule has 0 saturated heterocycles. The summed E-state index contributed by atoms with van der Waals surface area (Å²) in [6.07, 6.45) is 0.313. The zero-order chi connectivity index (χ0) is 20.2. The summed E-state index contributed by atoms with van der Waals surface area (Å²) in [5.74, 6) is 0.853. The molecule has 4 rings (SSSR count). The summed E-state index contributed by atoms with van der Waals surface area (Å²) in [6, 6.07) is 23.9. The van der Waals surface area contributed by atoms with Gasteiger partial charge in [-0.2, -0.15) is 0 Å². The number of aromatic nitrogens is 1. The van der Waals surface area contributed by atoms with Crippen molar-refractivity contribution in [3.63, 3.8) is 0 Å². The largest absolute Gasteiger partial charge is 0.496 e. The Morgan fingerprint density at radius 2 is 1.76 bits per heavy atom. The Balaban J connectivity index is 1.65. The lowest BCUT2D eigenvalue weighted by Crippen LogP contribution is -2.31. The van der Waals surface area contributed by atoms with Crippen molar-refractivity contribution in [2.75, 3.05) is 12.0 Å². The molecule has 3 aromatic carbocycles. The molecule has 0 N–H and O–H groups in total. The normalized spacial score (nSPS) is 10.8. The van der Waals surface area contributed by atoms with Gasteiger partial charge >= 0.3 is 0 Å². The average Bonchev–Trinajstić information content (AvgIpc) is 3.16. The van der Waals surface area contributed by atoms with Gasteiger partial charge in [-0.15, -0.1) is 0 Å². The number of fused-ring (bicyclic) bond motifs is 1. The molecule has 0 saturated carbocycles. The van der Waals surface area contributed by atoms with Crippen LogP contribution in [0.1, 0.15) is 16.7 Å². The number of aryl methyl sites for hydroxylation is 1. The van der Waals surface area contributed by atoms with Crippen LogP contribution in [0.5, 0.6) is 5.75 Å². The lowest BCUT2D eigenvalue weighted by atomic mass is 10.1. The second-order valence-corrected chi connectivity index (χ2v) is 7.92. The van der Waals surface area contributed by atoms with Gasteiger partial charge in [0, 0.05) is 0 Å². The van der Waals surface area contributed by atoms with E-state index in [1.54, 1.807) is 23.3 Å². The van der Waals surface area contributed by atoms with Crippen molar-refractivity contribution in [3.8, 4) is 5.75 Å². The van der Waals surface area contributed by atoms with E-state index < -0.39 is 0 Å². The van der Waals surface area contributed by atoms with Gasteiger partial charge < -0.3 is 4.74 Å². The van der Waals surface area contributed by atoms with E-state index in [0.29, 0.717) is 13.0 Å². The minimum atomic E-state index is 0.0254. The molecule has 0 unspecified atom stereocenters. The molecule has 29 heavy (non-hydrogen) atoms. The van der Waals surface area contributed by atoms with Crippen LogP contribution in [-0.4, -0.2) is 18.0 Å². The Hall–Kier alpha value is -3.18. The molecule has 0 fully saturated rings. The molecule has 5 heteroatoms. The van der Waals surface area contributed by atoms with Crippen LogP contribution in [0.15, 0.2) is 72.8 Å². The molecule has 0 radical (unpaired) electrons. The maximum absolute atomic E-state index is 13.3. The molecule has 4 aromatic rings. The molecular formula is C24H22N2O2S. The third-order valence-electron chi connectivity index (χ3n) is 4.81. The maximum Gasteiger partial charge on any atom is 0.233 e. The van der Waals surface area contributed by atoms with Gasteiger partial charge in [-0.3, -0.25) is 9.69 Å². The molecule has 4 nitrogen and oxygen atoms in total. The number of anilines is 1. The summed E-state index contributed by atoms with van der Waals surface area (Å²) >= 11 is 1.55. The van der Waals surface area contributed by atoms with Crippen LogP contribution in [0.3, 0.4) is 0 Å². The number of carbonyl (C=O) groups excluding carboxylic acids is 1. The number of hydrogen-bond acceptors (Lipinski definition) is 4. The van der Waals surface area contributed by atoms with Crippen LogP contribution in [0, 0.1) is 6.92 Å². The second-order valence-electron chi connectivity index (χ2n) is 6.91. The topological polar surface area (TPSA) is 42.4 Å². The van der Waals surface area contributed by atoms with E-state index >= 15 is 0 Å². The van der Waals surface area contributed by atoms with Crippen molar-refractivity contribution in [2.45, 2.75) is 19.9 Å². The van der Waals surface area contributed by atoms with Gasteiger partial charge in [0.1, 0.15) is 5.75 Å². The molecule has 1 heterocycles. The van der Waals surface area contributed by atoms with Crippen molar-refractivity contribution in [2.24, 2.45) is 0 Å². The van der Waals surface area contributed by atoms with E-state index in [9.17, 15) is 4.79 Å². The highest BCUT2D eigenvalue weighted by atomic mass is 32.1. The van der Waals surface area contributed by atoms with Crippen LogP contribution >= 0.6 is 11.3 Å². The molecule has 0 aliphatic rings. The number of ether oxygens (including phenoxy) is 1. The van der Waals surface area contributed by atoms with Crippen molar-refractivity contribution in [1.29, 1.82) is 0 Å². The van der Waals surface area contributed by atoms with Gasteiger partial charge in [0.2, 0.25) is 5.91 Å². The standard InChI is InChI=1S/C24H22N2O2S/c1-17-14-19(12-13-21(17)28-2)15-23(27)26(16-18-8-4-3-5-9-18)24-25-20-10-6-7-11-22(20)29-24/h3-14H,15-16H2,1-2H3. The van der Waals surface area contributed by atoms with Crippen LogP contribution in [0.4, 0.5) is 5.13 Å². The monoisotopic (exact) mass is 402 g/mol. The number of carbonyl (C=O) groups is 1. The van der Waals surface area contributed by atoms with Crippen LogP contribution in [0.25, 0.3) is 10.2 Å². The highest BCUT2D eigenvalue weighted by Gasteiger charge is 2.20. The number of nitrogens with zero attached hydrogens (tertiary/aromatic N) is 2. The summed E-state index contributed by atoms with van der Waals surface area (Å²) in [5.41, 5.74) is 3.98. The van der Waals surface area contributed by atoms with E-state index in [-0.39, 0.29) is 5.91 Å². The van der Waals surface area contributed by atoms with E-state index in [0.717, 1.165) is 37.8 Å². The first-order chi connectivity index (χ1) is 14.1. The lowest BCUT2D eigenvalue weighted by Gasteiger charge is -2.20. The number of rotatable bonds is 6. The Bertz CT molecular complexity index is 1110. The van der Waals surface area contributed by atoms with E-state index in [1.165, 1.54) is 0 Å². The smallest absolute Gasteiger partial charge is 0.233 e. The van der Waals surface area contributed by atoms with Crippen molar-refractivity contribution in [1.82, 2.24) is 4.98 Å². The number of methoxy groups -OCH3 is 1. The van der Waals surface area contributed by atoms with Crippen molar-refractivity contribution < 1.29 is 9.53 Å². The minimum absolute atomic E-state index is 0.0254. The fourth-order valence-corrected chi connectivity index (χ4v) is 4.31. The molecule has 0 aliphatic carbocycles. The summed E-state index contributed by atoms with van der Waals surface area (Å²) in [7, 11) is 1.65. The molecule has 1 aromatic heterocycles. The summed E-state index contributed by atoms with van der Waals surface area (Å²) in [5, 5.41) is 0.727. The molecule has 0 atom stereocenters. The van der Waals surface area contributed by atoms with E-state index in [4.69, 9.17) is 9.72 Å². The molecule has 1 amide bonds. The summed E-state index contributed by atoms with van der Waals surface area (Å²) in [6.45, 7) is 2.48. The van der Waals surface area contributed by atoms with Crippen molar-refractivity contribution >= 4 is 32.6 Å². The number of thiazole rings is 1. The second kappa shape index (κ2) is 8.45. The third-order valence-corrected chi connectivity index (χ3v) is 5.87. The van der Waals surface area contributed by atoms with Gasteiger partial charge in [0.05, 0.1) is 30.3 Å². The number of amides is 1. The molecule has 0 bridgehead atoms. The van der Waals surface area contributed by atoms with Crippen LogP contribution in [0.2, 0.25) is 0 Å². The average molecular weight is 403 g/mol. The molecular weight excluding hydrogens is 380 g/mol. The first kappa shape index (κ1) is 19.2. The van der Waals surface area contributed by atoms with Gasteiger partial charge in [-0.25, -0.2) is 4.98 Å². The van der Waals surface area contributed by atoms with Crippen LogP contribution < -0.4 is 9.64 Å². The lowest BCUT2D eigenvalue weighted by molar-refractivity contribution is -0.118. The predicted octanol–water partition coefficient (Wildman–Crippen LogP) is 5.39. The maximum atomic E-state index is 13.3. The minimum Gasteiger partial charge on any atom is -0.496 e. The zero-order valence-corrected chi connectivity index (χ0v) is 17.3. The highest BCUT2D eigenvalue weighted by molar-refractivity contribution is 7.22. The molecule has 0 aliphatic heterocycles. The van der Waals surface area contributed by atoms with E-state index in [1.807, 2.05) is 79.7 Å². The predicted molar refractivity (Wildman–Crippen MR) is 119 cm³/mol. The van der Waals surface area contributed by atoms with Gasteiger partial charge in [0.15, 0.2) is 5.13 Å². The van der Waals surface area contributed by atoms with Gasteiger partial charge in [-0.1, -0.05) is 65.9 Å². The molecule has 146 valence electrons. The van der Waals surface area contributed by atoms with Gasteiger partial charge in [-0.05, 0) is 41.8 Å². The number of para-hydroxylation sites is 1.